The lowest BCUT2D eigenvalue weighted by atomic mass is 10.2. The number of nitrogens with zero attached hydrogens (tertiary/aromatic N) is 2. The topological polar surface area (TPSA) is 136 Å². The Hall–Kier alpha value is -2.62. The first-order valence-corrected chi connectivity index (χ1v) is 7.32. The Morgan fingerprint density at radius 3 is 2.71 bits per heavy atom. The average Bonchev–Trinajstić information content (AvgIpc) is 2.76. The maximum atomic E-state index is 11.9. The third-order valence-electron chi connectivity index (χ3n) is 2.47. The number of nitrogens with one attached hydrogen (secondary N) is 1. The third-order valence-corrected chi connectivity index (χ3v) is 3.68. The molecular weight excluding hydrogens is 302 g/mol. The summed E-state index contributed by atoms with van der Waals surface area (Å²) in [6.45, 7) is 1.61. The van der Waals surface area contributed by atoms with Gasteiger partial charge in [-0.2, -0.15) is 0 Å². The van der Waals surface area contributed by atoms with Gasteiger partial charge in [-0.15, -0.1) is 0 Å². The highest BCUT2D eigenvalue weighted by atomic mass is 32.2. The molecule has 112 valence electrons. The molecule has 1 aromatic carbocycles. The minimum Gasteiger partial charge on any atom is -0.506 e. The highest BCUT2D eigenvalue weighted by Crippen LogP contribution is 2.29. The molecule has 0 aliphatic carbocycles. The summed E-state index contributed by atoms with van der Waals surface area (Å²) < 4.78 is 30.7. The van der Waals surface area contributed by atoms with Crippen LogP contribution in [0.15, 0.2) is 28.8 Å². The summed E-state index contributed by atoms with van der Waals surface area (Å²) in [4.78, 5) is 9.95. The second-order valence-electron chi connectivity index (χ2n) is 4.25. The number of phenolic OH excluding ortho intramolecular Hbond substituents is 1. The predicted octanol–water partition coefficient (Wildman–Crippen LogP) is 1.54. The number of nitro groups is 1. The summed E-state index contributed by atoms with van der Waals surface area (Å²) >= 11 is 0. The van der Waals surface area contributed by atoms with Crippen LogP contribution in [0, 0.1) is 17.0 Å². The van der Waals surface area contributed by atoms with Crippen LogP contribution in [0.2, 0.25) is 0 Å². The molecule has 0 fully saturated rings. The lowest BCUT2D eigenvalue weighted by Gasteiger charge is -2.08. The molecule has 0 radical (unpaired) electrons. The van der Waals surface area contributed by atoms with Gasteiger partial charge < -0.3 is 9.63 Å². The van der Waals surface area contributed by atoms with E-state index < -0.39 is 26.4 Å². The van der Waals surface area contributed by atoms with Crippen LogP contribution in [0.3, 0.4) is 0 Å². The monoisotopic (exact) mass is 313 g/mol. The number of phenols is 1. The molecule has 2 aromatic rings. The van der Waals surface area contributed by atoms with Crippen LogP contribution in [0.1, 0.15) is 11.5 Å². The van der Waals surface area contributed by atoms with Gasteiger partial charge in [0.15, 0.2) is 0 Å². The molecule has 9 nitrogen and oxygen atoms in total. The highest BCUT2D eigenvalue weighted by Gasteiger charge is 2.18. The van der Waals surface area contributed by atoms with E-state index in [4.69, 9.17) is 4.52 Å². The van der Waals surface area contributed by atoms with E-state index in [-0.39, 0.29) is 17.1 Å². The number of hydrogen-bond donors (Lipinski definition) is 2. The van der Waals surface area contributed by atoms with Crippen molar-refractivity contribution in [1.82, 2.24) is 5.16 Å². The predicted molar refractivity (Wildman–Crippen MR) is 72.2 cm³/mol. The molecule has 1 heterocycles. The summed E-state index contributed by atoms with van der Waals surface area (Å²) in [6, 6.07) is 4.48. The van der Waals surface area contributed by atoms with Gasteiger partial charge in [-0.05, 0) is 13.0 Å². The number of aromatic nitrogens is 1. The lowest BCUT2D eigenvalue weighted by molar-refractivity contribution is -0.384. The van der Waals surface area contributed by atoms with E-state index >= 15 is 0 Å². The minimum atomic E-state index is -3.89. The fourth-order valence-corrected chi connectivity index (χ4v) is 2.70. The first-order valence-electron chi connectivity index (χ1n) is 5.67. The molecule has 0 aliphatic heterocycles. The van der Waals surface area contributed by atoms with Crippen LogP contribution in [-0.2, 0) is 15.8 Å². The number of nitro benzene ring substituents is 1. The van der Waals surface area contributed by atoms with E-state index in [9.17, 15) is 23.6 Å². The van der Waals surface area contributed by atoms with Crippen molar-refractivity contribution < 1.29 is 23.0 Å². The van der Waals surface area contributed by atoms with Crippen molar-refractivity contribution in [3.63, 3.8) is 0 Å². The van der Waals surface area contributed by atoms with Gasteiger partial charge in [0.25, 0.3) is 5.69 Å². The van der Waals surface area contributed by atoms with Gasteiger partial charge in [0.2, 0.25) is 10.0 Å². The Labute approximate surface area is 119 Å². The SMILES string of the molecule is Cc1cc(CS(=O)(=O)Nc2cc([N+](=O)[O-])ccc2O)no1. The Morgan fingerprint density at radius 1 is 1.43 bits per heavy atom. The van der Waals surface area contributed by atoms with E-state index in [1.807, 2.05) is 0 Å². The summed E-state index contributed by atoms with van der Waals surface area (Å²) in [5.41, 5.74) is -0.433. The molecule has 2 rings (SSSR count). The minimum absolute atomic E-state index is 0.185. The Bertz CT molecular complexity index is 783. The second kappa shape index (κ2) is 5.40. The second-order valence-corrected chi connectivity index (χ2v) is 5.97. The summed E-state index contributed by atoms with van der Waals surface area (Å²) in [7, 11) is -3.89. The average molecular weight is 313 g/mol. The number of aromatic hydroxyl groups is 1. The quantitative estimate of drug-likeness (QED) is 0.485. The van der Waals surface area contributed by atoms with Crippen LogP contribution >= 0.6 is 0 Å². The Morgan fingerprint density at radius 2 is 2.14 bits per heavy atom. The van der Waals surface area contributed by atoms with Crippen LogP contribution in [0.4, 0.5) is 11.4 Å². The van der Waals surface area contributed by atoms with Gasteiger partial charge in [0, 0.05) is 18.2 Å². The molecule has 0 saturated heterocycles. The van der Waals surface area contributed by atoms with E-state index in [2.05, 4.69) is 9.88 Å². The molecular formula is C11H11N3O6S. The van der Waals surface area contributed by atoms with Crippen molar-refractivity contribution in [2.24, 2.45) is 0 Å². The number of anilines is 1. The van der Waals surface area contributed by atoms with Crippen molar-refractivity contribution in [3.05, 3.63) is 45.8 Å². The number of sulfonamides is 1. The summed E-state index contributed by atoms with van der Waals surface area (Å²) in [6.07, 6.45) is 0. The lowest BCUT2D eigenvalue weighted by Crippen LogP contribution is -2.15. The molecule has 2 N–H and O–H groups in total. The van der Waals surface area contributed by atoms with Crippen molar-refractivity contribution in [2.75, 3.05) is 4.72 Å². The van der Waals surface area contributed by atoms with Crippen LogP contribution in [0.5, 0.6) is 5.75 Å². The highest BCUT2D eigenvalue weighted by molar-refractivity contribution is 7.91. The maximum Gasteiger partial charge on any atom is 0.271 e. The van der Waals surface area contributed by atoms with Gasteiger partial charge in [-0.25, -0.2) is 8.42 Å². The third kappa shape index (κ3) is 3.69. The zero-order valence-corrected chi connectivity index (χ0v) is 11.6. The first kappa shape index (κ1) is 14.8. The van der Waals surface area contributed by atoms with Gasteiger partial charge >= 0.3 is 0 Å². The maximum absolute atomic E-state index is 11.9. The van der Waals surface area contributed by atoms with Gasteiger partial charge in [-0.1, -0.05) is 5.16 Å². The molecule has 1 aromatic heterocycles. The molecule has 0 bridgehead atoms. The first-order chi connectivity index (χ1) is 9.77. The van der Waals surface area contributed by atoms with E-state index in [1.54, 1.807) is 6.92 Å². The Kier molecular flexibility index (Phi) is 3.80. The molecule has 21 heavy (non-hydrogen) atoms. The van der Waals surface area contributed by atoms with Crippen LogP contribution < -0.4 is 4.72 Å². The zero-order valence-electron chi connectivity index (χ0n) is 10.8. The van der Waals surface area contributed by atoms with Gasteiger partial charge in [-0.3, -0.25) is 14.8 Å². The standard InChI is InChI=1S/C11H11N3O6S/c1-7-4-8(12-20-7)6-21(18,19)13-10-5-9(14(16)17)2-3-11(10)15/h2-5,13,15H,6H2,1H3. The van der Waals surface area contributed by atoms with Crippen molar-refractivity contribution >= 4 is 21.4 Å². The molecule has 0 amide bonds. The van der Waals surface area contributed by atoms with E-state index in [0.29, 0.717) is 5.76 Å². The van der Waals surface area contributed by atoms with Gasteiger partial charge in [0.1, 0.15) is 23.0 Å². The van der Waals surface area contributed by atoms with E-state index in [1.165, 1.54) is 6.07 Å². The molecule has 0 unspecified atom stereocenters. The normalized spacial score (nSPS) is 11.3. The molecule has 0 spiro atoms. The number of rotatable bonds is 5. The van der Waals surface area contributed by atoms with Crippen LogP contribution in [0.25, 0.3) is 0 Å². The fourth-order valence-electron chi connectivity index (χ4n) is 1.60. The summed E-state index contributed by atoms with van der Waals surface area (Å²) in [5, 5.41) is 23.8. The summed E-state index contributed by atoms with van der Waals surface area (Å²) in [5.74, 6) is -0.439. The zero-order chi connectivity index (χ0) is 15.6. The fraction of sp³-hybridized carbons (Fsp3) is 0.182. The van der Waals surface area contributed by atoms with Crippen molar-refractivity contribution in [1.29, 1.82) is 0 Å². The molecule has 0 aliphatic rings. The van der Waals surface area contributed by atoms with Crippen molar-refractivity contribution in [3.8, 4) is 5.75 Å². The smallest absolute Gasteiger partial charge is 0.271 e. The van der Waals surface area contributed by atoms with Crippen LogP contribution in [-0.4, -0.2) is 23.6 Å². The number of benzene rings is 1. The number of hydrogen-bond acceptors (Lipinski definition) is 7. The largest absolute Gasteiger partial charge is 0.506 e. The van der Waals surface area contributed by atoms with Gasteiger partial charge in [0.05, 0.1) is 10.6 Å². The molecule has 0 saturated carbocycles. The number of non-ortho nitro benzene ring substituents is 1. The Balaban J connectivity index is 2.24. The van der Waals surface area contributed by atoms with E-state index in [0.717, 1.165) is 18.2 Å². The molecule has 10 heteroatoms. The number of aryl methyl sites for hydroxylation is 1. The molecule has 0 atom stereocenters. The van der Waals surface area contributed by atoms with Crippen molar-refractivity contribution in [2.45, 2.75) is 12.7 Å².